The van der Waals surface area contributed by atoms with E-state index in [1.54, 1.807) is 0 Å². The van der Waals surface area contributed by atoms with Crippen LogP contribution in [0.4, 0.5) is 11.4 Å². The van der Waals surface area contributed by atoms with E-state index in [1.807, 2.05) is 6.08 Å². The summed E-state index contributed by atoms with van der Waals surface area (Å²) >= 11 is 0. The Balaban J connectivity index is 1.64. The van der Waals surface area contributed by atoms with Crippen molar-refractivity contribution in [3.63, 3.8) is 0 Å². The van der Waals surface area contributed by atoms with Crippen LogP contribution in [0, 0.1) is 5.92 Å². The molecule has 0 saturated heterocycles. The van der Waals surface area contributed by atoms with Crippen molar-refractivity contribution in [2.45, 2.75) is 50.0 Å². The van der Waals surface area contributed by atoms with Gasteiger partial charge in [-0.15, -0.1) is 0 Å². The Morgan fingerprint density at radius 3 is 2.71 bits per heavy atom. The van der Waals surface area contributed by atoms with Gasteiger partial charge in [0.25, 0.3) is 15.6 Å². The second-order valence-corrected chi connectivity index (χ2v) is 12.5. The van der Waals surface area contributed by atoms with Crippen LogP contribution in [-0.2, 0) is 26.6 Å². The summed E-state index contributed by atoms with van der Waals surface area (Å²) in [4.78, 5) is 17.4. The van der Waals surface area contributed by atoms with Crippen LogP contribution in [0.5, 0.6) is 5.75 Å². The first-order valence-electron chi connectivity index (χ1n) is 11.3. The smallest absolute Gasteiger partial charge is 0.281 e. The highest BCUT2D eigenvalue weighted by Crippen LogP contribution is 2.36. The lowest BCUT2D eigenvalue weighted by molar-refractivity contribution is 0.448. The predicted octanol–water partition coefficient (Wildman–Crippen LogP) is 2.06. The van der Waals surface area contributed by atoms with Crippen LogP contribution in [-0.4, -0.2) is 43.8 Å². The van der Waals surface area contributed by atoms with Gasteiger partial charge >= 0.3 is 0 Å². The average Bonchev–Trinajstić information content (AvgIpc) is 3.43. The number of sulfonamides is 2. The van der Waals surface area contributed by atoms with E-state index in [4.69, 9.17) is 0 Å². The molecule has 2 aliphatic carbocycles. The fourth-order valence-electron chi connectivity index (χ4n) is 4.27. The molecule has 1 aromatic carbocycles. The summed E-state index contributed by atoms with van der Waals surface area (Å²) in [5.74, 6) is -0.167. The number of anilines is 1. The molecule has 13 heteroatoms. The molecule has 11 nitrogen and oxygen atoms in total. The molecule has 0 unspecified atom stereocenters. The summed E-state index contributed by atoms with van der Waals surface area (Å²) in [7, 11) is -7.84. The Hall–Kier alpha value is -3.19. The first-order valence-corrected chi connectivity index (χ1v) is 14.7. The number of aryl methyl sites for hydroxylation is 1. The molecule has 1 saturated carbocycles. The van der Waals surface area contributed by atoms with E-state index >= 15 is 0 Å². The van der Waals surface area contributed by atoms with Gasteiger partial charge in [-0.3, -0.25) is 14.2 Å². The van der Waals surface area contributed by atoms with Crippen LogP contribution in [0.2, 0.25) is 0 Å². The average molecular weight is 520 g/mol. The highest BCUT2D eigenvalue weighted by Gasteiger charge is 2.32. The third kappa shape index (κ3) is 4.82. The van der Waals surface area contributed by atoms with E-state index in [9.17, 15) is 26.7 Å². The maximum absolute atomic E-state index is 13.4. The lowest BCUT2D eigenvalue weighted by Crippen LogP contribution is -2.40. The normalized spacial score (nSPS) is 18.9. The van der Waals surface area contributed by atoms with Crippen molar-refractivity contribution < 1.29 is 21.9 Å². The number of amidine groups is 1. The zero-order valence-electron chi connectivity index (χ0n) is 19.0. The number of aliphatic imine (C=N–C) groups is 1. The van der Waals surface area contributed by atoms with Crippen molar-refractivity contribution >= 4 is 42.8 Å². The van der Waals surface area contributed by atoms with Crippen molar-refractivity contribution in [3.8, 4) is 5.75 Å². The number of hydrogen-bond donors (Lipinski definition) is 3. The number of aromatic nitrogens is 2. The molecular formula is C22H25N5O6S2. The molecule has 0 atom stereocenters. The minimum Gasteiger partial charge on any atom is -0.505 e. The number of benzene rings is 1. The Labute approximate surface area is 202 Å². The molecule has 1 aromatic heterocycles. The fraction of sp³-hybridized carbons (Fsp3) is 0.409. The summed E-state index contributed by atoms with van der Waals surface area (Å²) in [6, 6.07) is 3.86. The standard InChI is InChI=1S/C22H25N5O6S2/c1-34(30,31)25-15-8-9-16-17(12-15)35(32,33)26-21(23-16)18-20(28)19(14-4-2-3-5-14)24-27(22(18)29)11-10-13-6-7-13/h4,8-9,12-13,25,28H,2-3,5-7,10-11H2,1H3,(H,23,26). The Morgan fingerprint density at radius 2 is 2.06 bits per heavy atom. The lowest BCUT2D eigenvalue weighted by Gasteiger charge is -2.20. The molecule has 1 aliphatic heterocycles. The van der Waals surface area contributed by atoms with E-state index in [0.717, 1.165) is 50.0 Å². The number of nitrogens with zero attached hydrogens (tertiary/aromatic N) is 3. The van der Waals surface area contributed by atoms with E-state index in [2.05, 4.69) is 19.5 Å². The zero-order valence-corrected chi connectivity index (χ0v) is 20.6. The Morgan fingerprint density at radius 1 is 1.29 bits per heavy atom. The topological polar surface area (TPSA) is 160 Å². The quantitative estimate of drug-likeness (QED) is 0.505. The molecule has 186 valence electrons. The van der Waals surface area contributed by atoms with Gasteiger partial charge in [-0.05, 0) is 55.4 Å². The van der Waals surface area contributed by atoms with Crippen LogP contribution >= 0.6 is 0 Å². The molecule has 0 spiro atoms. The molecule has 2 heterocycles. The Kier molecular flexibility index (Phi) is 5.71. The van der Waals surface area contributed by atoms with E-state index < -0.39 is 31.4 Å². The minimum atomic E-state index is -4.22. The largest absolute Gasteiger partial charge is 0.505 e. The maximum atomic E-state index is 13.4. The number of hydrogen-bond acceptors (Lipinski definition) is 8. The third-order valence-electron chi connectivity index (χ3n) is 6.17. The highest BCUT2D eigenvalue weighted by molar-refractivity contribution is 7.92. The van der Waals surface area contributed by atoms with E-state index in [1.165, 1.54) is 16.8 Å². The number of fused-ring (bicyclic) bond motifs is 1. The summed E-state index contributed by atoms with van der Waals surface area (Å²) in [5.41, 5.74) is 0.241. The van der Waals surface area contributed by atoms with Crippen molar-refractivity contribution in [2.24, 2.45) is 10.9 Å². The summed E-state index contributed by atoms with van der Waals surface area (Å²) in [5, 5.41) is 15.5. The molecule has 3 aliphatic rings. The number of rotatable bonds is 7. The SMILES string of the molecule is CS(=O)(=O)Nc1ccc2c(c1)S(=O)(=O)NC(c1c(O)c(C3=CCCC3)nn(CCC3CC3)c1=O)=N2. The van der Waals surface area contributed by atoms with E-state index in [0.29, 0.717) is 18.9 Å². The maximum Gasteiger partial charge on any atom is 0.281 e. The highest BCUT2D eigenvalue weighted by atomic mass is 32.2. The van der Waals surface area contributed by atoms with Gasteiger partial charge in [-0.1, -0.05) is 18.9 Å². The minimum absolute atomic E-state index is 0.0135. The van der Waals surface area contributed by atoms with Gasteiger partial charge < -0.3 is 5.11 Å². The molecule has 0 amide bonds. The van der Waals surface area contributed by atoms with Gasteiger partial charge in [-0.2, -0.15) is 5.10 Å². The van der Waals surface area contributed by atoms with Gasteiger partial charge in [0.2, 0.25) is 10.0 Å². The summed E-state index contributed by atoms with van der Waals surface area (Å²) in [6.45, 7) is 0.355. The van der Waals surface area contributed by atoms with Crippen LogP contribution in [0.3, 0.4) is 0 Å². The zero-order chi connectivity index (χ0) is 25.0. The van der Waals surface area contributed by atoms with Crippen molar-refractivity contribution in [1.82, 2.24) is 14.5 Å². The van der Waals surface area contributed by atoms with Crippen LogP contribution < -0.4 is 15.0 Å². The van der Waals surface area contributed by atoms with Gasteiger partial charge in [0, 0.05) is 12.2 Å². The second kappa shape index (κ2) is 8.48. The van der Waals surface area contributed by atoms with Crippen LogP contribution in [0.15, 0.2) is 39.0 Å². The molecule has 3 N–H and O–H groups in total. The first-order chi connectivity index (χ1) is 16.5. The number of nitrogens with one attached hydrogen (secondary N) is 2. The van der Waals surface area contributed by atoms with Gasteiger partial charge in [0.05, 0.1) is 11.9 Å². The molecule has 0 radical (unpaired) electrons. The lowest BCUT2D eigenvalue weighted by atomic mass is 10.1. The van der Waals surface area contributed by atoms with Gasteiger partial charge in [-0.25, -0.2) is 26.5 Å². The van der Waals surface area contributed by atoms with E-state index in [-0.39, 0.29) is 33.4 Å². The molecule has 2 aromatic rings. The molecule has 5 rings (SSSR count). The summed E-state index contributed by atoms with van der Waals surface area (Å²) in [6.07, 6.45) is 8.32. The molecule has 0 bridgehead atoms. The molecular weight excluding hydrogens is 494 g/mol. The third-order valence-corrected chi connectivity index (χ3v) is 8.15. The fourth-order valence-corrected chi connectivity index (χ4v) is 6.01. The van der Waals surface area contributed by atoms with Crippen LogP contribution in [0.1, 0.15) is 49.8 Å². The predicted molar refractivity (Wildman–Crippen MR) is 131 cm³/mol. The van der Waals surface area contributed by atoms with Crippen molar-refractivity contribution in [1.29, 1.82) is 0 Å². The monoisotopic (exact) mass is 519 g/mol. The number of aromatic hydroxyl groups is 1. The molecule has 35 heavy (non-hydrogen) atoms. The van der Waals surface area contributed by atoms with Crippen molar-refractivity contribution in [2.75, 3.05) is 11.0 Å². The van der Waals surface area contributed by atoms with Gasteiger partial charge in [0.15, 0.2) is 11.6 Å². The molecule has 1 fully saturated rings. The van der Waals surface area contributed by atoms with Crippen LogP contribution in [0.25, 0.3) is 5.57 Å². The number of allylic oxidation sites excluding steroid dienone is 2. The second-order valence-electron chi connectivity index (χ2n) is 9.08. The van der Waals surface area contributed by atoms with Gasteiger partial charge in [0.1, 0.15) is 16.2 Å². The first kappa shape index (κ1) is 23.5. The Bertz CT molecular complexity index is 1550. The van der Waals surface area contributed by atoms with Crippen molar-refractivity contribution in [3.05, 3.63) is 45.9 Å². The summed E-state index contributed by atoms with van der Waals surface area (Å²) < 4.78 is 55.0.